The fraction of sp³-hybridized carbons (Fsp3) is 0.600. The van der Waals surface area contributed by atoms with Crippen LogP contribution in [0.4, 0.5) is 0 Å². The third-order valence-electron chi connectivity index (χ3n) is 2.66. The van der Waals surface area contributed by atoms with Crippen molar-refractivity contribution in [2.45, 2.75) is 32.9 Å². The molecule has 0 saturated carbocycles. The Bertz CT molecular complexity index is 339. The quantitative estimate of drug-likeness (QED) is 0.767. The van der Waals surface area contributed by atoms with E-state index in [1.807, 2.05) is 6.07 Å². The molecule has 1 atom stereocenters. The summed E-state index contributed by atoms with van der Waals surface area (Å²) < 4.78 is 5.63. The van der Waals surface area contributed by atoms with Gasteiger partial charge in [-0.25, -0.2) is 0 Å². The summed E-state index contributed by atoms with van der Waals surface area (Å²) in [6.45, 7) is 7.05. The number of ether oxygens (including phenoxy) is 1. The Labute approximate surface area is 111 Å². The van der Waals surface area contributed by atoms with Crippen molar-refractivity contribution in [3.8, 4) is 5.75 Å². The summed E-state index contributed by atoms with van der Waals surface area (Å²) in [5, 5.41) is 3.52. The third-order valence-corrected chi connectivity index (χ3v) is 2.66. The van der Waals surface area contributed by atoms with Crippen LogP contribution in [0.5, 0.6) is 5.75 Å². The highest BCUT2D eigenvalue weighted by Gasteiger charge is 2.03. The van der Waals surface area contributed by atoms with E-state index >= 15 is 0 Å². The summed E-state index contributed by atoms with van der Waals surface area (Å²) in [6.07, 6.45) is 1.04. The van der Waals surface area contributed by atoms with Gasteiger partial charge in [0.1, 0.15) is 5.75 Å². The molecule has 1 rings (SSSR count). The van der Waals surface area contributed by atoms with Gasteiger partial charge in [0.2, 0.25) is 0 Å². The first-order valence-corrected chi connectivity index (χ1v) is 6.71. The Morgan fingerprint density at radius 3 is 2.78 bits per heavy atom. The van der Waals surface area contributed by atoms with Gasteiger partial charge in [-0.1, -0.05) is 19.1 Å². The molecule has 1 aromatic rings. The van der Waals surface area contributed by atoms with E-state index in [2.05, 4.69) is 56.4 Å². The van der Waals surface area contributed by atoms with E-state index in [1.54, 1.807) is 0 Å². The zero-order chi connectivity index (χ0) is 13.4. The Kier molecular flexibility index (Phi) is 6.76. The van der Waals surface area contributed by atoms with Crippen LogP contribution < -0.4 is 10.1 Å². The van der Waals surface area contributed by atoms with E-state index < -0.39 is 0 Å². The average molecular weight is 250 g/mol. The van der Waals surface area contributed by atoms with Gasteiger partial charge < -0.3 is 15.0 Å². The van der Waals surface area contributed by atoms with Crippen molar-refractivity contribution in [3.63, 3.8) is 0 Å². The summed E-state index contributed by atoms with van der Waals surface area (Å²) in [4.78, 5) is 2.19. The molecule has 0 aliphatic carbocycles. The van der Waals surface area contributed by atoms with Crippen molar-refractivity contribution in [1.82, 2.24) is 10.2 Å². The van der Waals surface area contributed by atoms with Gasteiger partial charge in [-0.3, -0.25) is 0 Å². The molecule has 102 valence electrons. The third kappa shape index (κ3) is 6.03. The summed E-state index contributed by atoms with van der Waals surface area (Å²) in [7, 11) is 4.19. The first kappa shape index (κ1) is 15.0. The van der Waals surface area contributed by atoms with Crippen molar-refractivity contribution < 1.29 is 4.74 Å². The maximum Gasteiger partial charge on any atom is 0.119 e. The number of nitrogens with one attached hydrogen (secondary N) is 1. The van der Waals surface area contributed by atoms with Crippen molar-refractivity contribution in [1.29, 1.82) is 0 Å². The Morgan fingerprint density at radius 2 is 2.11 bits per heavy atom. The fourth-order valence-corrected chi connectivity index (χ4v) is 1.87. The molecule has 3 nitrogen and oxygen atoms in total. The molecule has 0 heterocycles. The number of hydrogen-bond acceptors (Lipinski definition) is 3. The lowest BCUT2D eigenvalue weighted by atomic mass is 10.2. The summed E-state index contributed by atoms with van der Waals surface area (Å²) in [5.74, 6) is 0.969. The molecule has 0 aliphatic rings. The molecular formula is C15H26N2O. The van der Waals surface area contributed by atoms with Gasteiger partial charge in [0, 0.05) is 19.1 Å². The van der Waals surface area contributed by atoms with Crippen LogP contribution in [0.2, 0.25) is 0 Å². The molecule has 1 aromatic carbocycles. The van der Waals surface area contributed by atoms with E-state index in [0.29, 0.717) is 6.04 Å². The maximum atomic E-state index is 5.63. The lowest BCUT2D eigenvalue weighted by Gasteiger charge is -2.18. The van der Waals surface area contributed by atoms with Gasteiger partial charge in [-0.2, -0.15) is 0 Å². The molecule has 18 heavy (non-hydrogen) atoms. The fourth-order valence-electron chi connectivity index (χ4n) is 1.87. The molecule has 0 spiro atoms. The number of nitrogens with zero attached hydrogens (tertiary/aromatic N) is 1. The first-order valence-electron chi connectivity index (χ1n) is 6.71. The number of likely N-dealkylation sites (N-methyl/N-ethyl adjacent to an activating group) is 1. The van der Waals surface area contributed by atoms with E-state index in [4.69, 9.17) is 4.74 Å². The summed E-state index contributed by atoms with van der Waals surface area (Å²) in [5.41, 5.74) is 1.27. The second kappa shape index (κ2) is 8.11. The van der Waals surface area contributed by atoms with Crippen LogP contribution in [-0.2, 0) is 6.54 Å². The minimum Gasteiger partial charge on any atom is -0.494 e. The highest BCUT2D eigenvalue weighted by Crippen LogP contribution is 2.13. The summed E-state index contributed by atoms with van der Waals surface area (Å²) in [6, 6.07) is 8.81. The molecule has 1 unspecified atom stereocenters. The van der Waals surface area contributed by atoms with Gasteiger partial charge in [0.05, 0.1) is 6.61 Å². The molecule has 0 amide bonds. The Hall–Kier alpha value is -1.06. The molecule has 0 fully saturated rings. The molecular weight excluding hydrogens is 224 g/mol. The molecule has 0 aliphatic heterocycles. The largest absolute Gasteiger partial charge is 0.494 e. The average Bonchev–Trinajstić information content (AvgIpc) is 2.33. The van der Waals surface area contributed by atoms with Crippen LogP contribution in [0.3, 0.4) is 0 Å². The van der Waals surface area contributed by atoms with Gasteiger partial charge in [-0.15, -0.1) is 0 Å². The second-order valence-electron chi connectivity index (χ2n) is 5.04. The van der Waals surface area contributed by atoms with Crippen LogP contribution >= 0.6 is 0 Å². The van der Waals surface area contributed by atoms with Crippen molar-refractivity contribution in [2.24, 2.45) is 0 Å². The lowest BCUT2D eigenvalue weighted by molar-refractivity contribution is 0.316. The smallest absolute Gasteiger partial charge is 0.119 e. The highest BCUT2D eigenvalue weighted by atomic mass is 16.5. The molecule has 0 aromatic heterocycles. The van der Waals surface area contributed by atoms with E-state index in [1.165, 1.54) is 5.56 Å². The van der Waals surface area contributed by atoms with Gasteiger partial charge in [-0.05, 0) is 45.1 Å². The molecule has 1 N–H and O–H groups in total. The van der Waals surface area contributed by atoms with Crippen LogP contribution in [0.1, 0.15) is 25.8 Å². The number of benzene rings is 1. The normalized spacial score (nSPS) is 12.7. The Morgan fingerprint density at radius 1 is 1.33 bits per heavy atom. The molecule has 0 saturated heterocycles. The zero-order valence-corrected chi connectivity index (χ0v) is 12.1. The molecule has 0 radical (unpaired) electrons. The SMILES string of the molecule is CCCOc1cccc(CNC(C)CN(C)C)c1. The molecule has 3 heteroatoms. The van der Waals surface area contributed by atoms with Crippen LogP contribution in [0, 0.1) is 0 Å². The van der Waals surface area contributed by atoms with E-state index in [0.717, 1.165) is 31.9 Å². The minimum atomic E-state index is 0.486. The van der Waals surface area contributed by atoms with Crippen LogP contribution in [0.25, 0.3) is 0 Å². The lowest BCUT2D eigenvalue weighted by Crippen LogP contribution is -2.35. The monoisotopic (exact) mass is 250 g/mol. The van der Waals surface area contributed by atoms with E-state index in [-0.39, 0.29) is 0 Å². The van der Waals surface area contributed by atoms with Crippen molar-refractivity contribution >= 4 is 0 Å². The van der Waals surface area contributed by atoms with E-state index in [9.17, 15) is 0 Å². The minimum absolute atomic E-state index is 0.486. The highest BCUT2D eigenvalue weighted by molar-refractivity contribution is 5.28. The van der Waals surface area contributed by atoms with Gasteiger partial charge >= 0.3 is 0 Å². The van der Waals surface area contributed by atoms with Gasteiger partial charge in [0.15, 0.2) is 0 Å². The van der Waals surface area contributed by atoms with Crippen molar-refractivity contribution in [3.05, 3.63) is 29.8 Å². The standard InChI is InChI=1S/C15H26N2O/c1-5-9-18-15-8-6-7-14(10-15)11-16-13(2)12-17(3)4/h6-8,10,13,16H,5,9,11-12H2,1-4H3. The first-order chi connectivity index (χ1) is 8.61. The second-order valence-corrected chi connectivity index (χ2v) is 5.04. The predicted molar refractivity (Wildman–Crippen MR) is 77.1 cm³/mol. The molecule has 0 bridgehead atoms. The zero-order valence-electron chi connectivity index (χ0n) is 12.1. The van der Waals surface area contributed by atoms with Crippen LogP contribution in [0.15, 0.2) is 24.3 Å². The Balaban J connectivity index is 2.41. The summed E-state index contributed by atoms with van der Waals surface area (Å²) >= 11 is 0. The topological polar surface area (TPSA) is 24.5 Å². The predicted octanol–water partition coefficient (Wildman–Crippen LogP) is 2.52. The van der Waals surface area contributed by atoms with Crippen molar-refractivity contribution in [2.75, 3.05) is 27.2 Å². The van der Waals surface area contributed by atoms with Gasteiger partial charge in [0.25, 0.3) is 0 Å². The maximum absolute atomic E-state index is 5.63. The number of rotatable bonds is 8. The van der Waals surface area contributed by atoms with Crippen LogP contribution in [-0.4, -0.2) is 38.2 Å². The number of hydrogen-bond donors (Lipinski definition) is 1.